The van der Waals surface area contributed by atoms with Gasteiger partial charge < -0.3 is 9.80 Å². The van der Waals surface area contributed by atoms with Gasteiger partial charge in [0.25, 0.3) is 5.91 Å². The zero-order valence-corrected chi connectivity index (χ0v) is 14.0. The van der Waals surface area contributed by atoms with Gasteiger partial charge >= 0.3 is 0 Å². The van der Waals surface area contributed by atoms with Gasteiger partial charge in [0, 0.05) is 49.5 Å². The minimum Gasteiger partial charge on any atom is -0.339 e. The van der Waals surface area contributed by atoms with Crippen LogP contribution in [0.3, 0.4) is 0 Å². The Labute approximate surface area is 133 Å². The van der Waals surface area contributed by atoms with Crippen molar-refractivity contribution in [1.82, 2.24) is 14.8 Å². The van der Waals surface area contributed by atoms with Gasteiger partial charge in [-0.2, -0.15) is 0 Å². The summed E-state index contributed by atoms with van der Waals surface area (Å²) in [5.74, 6) is 0.519. The van der Waals surface area contributed by atoms with Gasteiger partial charge in [-0.3, -0.25) is 14.6 Å². The van der Waals surface area contributed by atoms with E-state index in [2.05, 4.69) is 20.9 Å². The molecule has 2 rings (SSSR count). The molecule has 2 heterocycles. The molecule has 5 nitrogen and oxygen atoms in total. The van der Waals surface area contributed by atoms with Crippen LogP contribution in [0.2, 0.25) is 0 Å². The number of hydrogen-bond acceptors (Lipinski definition) is 3. The number of hydrogen-bond donors (Lipinski definition) is 0. The highest BCUT2D eigenvalue weighted by Crippen LogP contribution is 2.14. The average molecular weight is 354 g/mol. The molecule has 0 saturated carbocycles. The van der Waals surface area contributed by atoms with E-state index >= 15 is 0 Å². The lowest BCUT2D eigenvalue weighted by Crippen LogP contribution is -2.50. The third-order valence-electron chi connectivity index (χ3n) is 3.45. The summed E-state index contributed by atoms with van der Waals surface area (Å²) in [5.41, 5.74) is 0.575. The normalized spacial score (nSPS) is 15.4. The molecule has 0 unspecified atom stereocenters. The lowest BCUT2D eigenvalue weighted by atomic mass is 10.1. The van der Waals surface area contributed by atoms with Crippen LogP contribution in [-0.4, -0.2) is 52.8 Å². The van der Waals surface area contributed by atoms with Crippen LogP contribution in [0.15, 0.2) is 22.9 Å². The molecule has 0 spiro atoms. The Morgan fingerprint density at radius 1 is 1.19 bits per heavy atom. The quantitative estimate of drug-likeness (QED) is 0.836. The summed E-state index contributed by atoms with van der Waals surface area (Å²) in [6, 6.07) is 1.77. The SMILES string of the molecule is CC(C)CC(=O)N1CCN(C(=O)c2cncc(Br)c2)CC1. The second-order valence-electron chi connectivity index (χ2n) is 5.66. The first-order valence-corrected chi connectivity index (χ1v) is 7.94. The summed E-state index contributed by atoms with van der Waals surface area (Å²) in [6.07, 6.45) is 3.80. The van der Waals surface area contributed by atoms with E-state index in [-0.39, 0.29) is 11.8 Å². The zero-order valence-electron chi connectivity index (χ0n) is 12.4. The van der Waals surface area contributed by atoms with Gasteiger partial charge in [-0.15, -0.1) is 0 Å². The van der Waals surface area contributed by atoms with Crippen molar-refractivity contribution in [2.45, 2.75) is 20.3 Å². The zero-order chi connectivity index (χ0) is 15.4. The van der Waals surface area contributed by atoms with Crippen LogP contribution < -0.4 is 0 Å². The number of pyridine rings is 1. The van der Waals surface area contributed by atoms with Crippen molar-refractivity contribution in [3.05, 3.63) is 28.5 Å². The molecule has 1 aromatic rings. The Hall–Kier alpha value is -1.43. The number of carbonyl (C=O) groups is 2. The largest absolute Gasteiger partial charge is 0.339 e. The molecule has 0 atom stereocenters. The predicted molar refractivity (Wildman–Crippen MR) is 83.9 cm³/mol. The maximum atomic E-state index is 12.4. The monoisotopic (exact) mass is 353 g/mol. The van der Waals surface area contributed by atoms with Crippen LogP contribution in [-0.2, 0) is 4.79 Å². The predicted octanol–water partition coefficient (Wildman–Crippen LogP) is 2.17. The van der Waals surface area contributed by atoms with Crippen LogP contribution in [0.5, 0.6) is 0 Å². The van der Waals surface area contributed by atoms with Crippen molar-refractivity contribution in [2.24, 2.45) is 5.92 Å². The van der Waals surface area contributed by atoms with Crippen molar-refractivity contribution in [2.75, 3.05) is 26.2 Å². The van der Waals surface area contributed by atoms with Gasteiger partial charge in [0.2, 0.25) is 5.91 Å². The van der Waals surface area contributed by atoms with Crippen LogP contribution in [0.4, 0.5) is 0 Å². The Balaban J connectivity index is 1.92. The van der Waals surface area contributed by atoms with Crippen molar-refractivity contribution in [3.63, 3.8) is 0 Å². The molecule has 21 heavy (non-hydrogen) atoms. The van der Waals surface area contributed by atoms with Gasteiger partial charge in [0.15, 0.2) is 0 Å². The van der Waals surface area contributed by atoms with Crippen LogP contribution in [0.1, 0.15) is 30.6 Å². The first-order valence-electron chi connectivity index (χ1n) is 7.15. The second kappa shape index (κ2) is 7.02. The lowest BCUT2D eigenvalue weighted by Gasteiger charge is -2.35. The smallest absolute Gasteiger partial charge is 0.255 e. The van der Waals surface area contributed by atoms with Crippen molar-refractivity contribution in [1.29, 1.82) is 0 Å². The molecule has 1 fully saturated rings. The number of piperazine rings is 1. The third-order valence-corrected chi connectivity index (χ3v) is 3.89. The molecule has 1 aliphatic heterocycles. The van der Waals surface area contributed by atoms with E-state index in [1.54, 1.807) is 23.4 Å². The van der Waals surface area contributed by atoms with Gasteiger partial charge in [-0.25, -0.2) is 0 Å². The fourth-order valence-electron chi connectivity index (χ4n) is 2.35. The molecule has 0 aromatic carbocycles. The molecular weight excluding hydrogens is 334 g/mol. The van der Waals surface area contributed by atoms with Crippen molar-refractivity contribution >= 4 is 27.7 Å². The molecule has 6 heteroatoms. The molecule has 0 bridgehead atoms. The number of aromatic nitrogens is 1. The lowest BCUT2D eigenvalue weighted by molar-refractivity contribution is -0.133. The average Bonchev–Trinajstić information content (AvgIpc) is 2.46. The van der Waals surface area contributed by atoms with E-state index in [1.807, 2.05) is 18.7 Å². The molecule has 1 aliphatic rings. The summed E-state index contributed by atoms with van der Waals surface area (Å²) >= 11 is 3.32. The fourth-order valence-corrected chi connectivity index (χ4v) is 2.71. The van der Waals surface area contributed by atoms with E-state index in [0.29, 0.717) is 44.1 Å². The third kappa shape index (κ3) is 4.27. The summed E-state index contributed by atoms with van der Waals surface area (Å²) in [7, 11) is 0. The standard InChI is InChI=1S/C15H20BrN3O2/c1-11(2)7-14(20)18-3-5-19(6-4-18)15(21)12-8-13(16)10-17-9-12/h8-11H,3-7H2,1-2H3. The Morgan fingerprint density at radius 2 is 1.81 bits per heavy atom. The molecule has 114 valence electrons. The van der Waals surface area contributed by atoms with Gasteiger partial charge in [0.05, 0.1) is 5.56 Å². The highest BCUT2D eigenvalue weighted by Gasteiger charge is 2.25. The number of nitrogens with zero attached hydrogens (tertiary/aromatic N) is 3. The van der Waals surface area contributed by atoms with E-state index < -0.39 is 0 Å². The summed E-state index contributed by atoms with van der Waals surface area (Å²) < 4.78 is 0.791. The summed E-state index contributed by atoms with van der Waals surface area (Å²) in [6.45, 7) is 6.46. The van der Waals surface area contributed by atoms with Crippen molar-refractivity contribution < 1.29 is 9.59 Å². The summed E-state index contributed by atoms with van der Waals surface area (Å²) in [5, 5.41) is 0. The molecule has 1 saturated heterocycles. The molecule has 0 N–H and O–H groups in total. The number of halogens is 1. The van der Waals surface area contributed by atoms with E-state index in [0.717, 1.165) is 4.47 Å². The Kier molecular flexibility index (Phi) is 5.33. The number of carbonyl (C=O) groups excluding carboxylic acids is 2. The Morgan fingerprint density at radius 3 is 2.38 bits per heavy atom. The maximum absolute atomic E-state index is 12.4. The minimum atomic E-state index is -0.0280. The van der Waals surface area contributed by atoms with Gasteiger partial charge in [-0.05, 0) is 27.9 Å². The van der Waals surface area contributed by atoms with Crippen molar-refractivity contribution in [3.8, 4) is 0 Å². The maximum Gasteiger partial charge on any atom is 0.255 e. The molecule has 1 aromatic heterocycles. The Bertz CT molecular complexity index is 525. The van der Waals surface area contributed by atoms with Crippen LogP contribution >= 0.6 is 15.9 Å². The van der Waals surface area contributed by atoms with Gasteiger partial charge in [-0.1, -0.05) is 13.8 Å². The molecule has 2 amide bonds. The first-order chi connectivity index (χ1) is 9.97. The highest BCUT2D eigenvalue weighted by molar-refractivity contribution is 9.10. The molecular formula is C15H20BrN3O2. The minimum absolute atomic E-state index is 0.0280. The van der Waals surface area contributed by atoms with Gasteiger partial charge in [0.1, 0.15) is 0 Å². The first kappa shape index (κ1) is 15.9. The van der Waals surface area contributed by atoms with Crippen LogP contribution in [0, 0.1) is 5.92 Å². The van der Waals surface area contributed by atoms with E-state index in [1.165, 1.54) is 0 Å². The topological polar surface area (TPSA) is 53.5 Å². The number of amides is 2. The van der Waals surface area contributed by atoms with E-state index in [4.69, 9.17) is 0 Å². The molecule has 0 aliphatic carbocycles. The number of rotatable bonds is 3. The fraction of sp³-hybridized carbons (Fsp3) is 0.533. The second-order valence-corrected chi connectivity index (χ2v) is 6.58. The van der Waals surface area contributed by atoms with Crippen LogP contribution in [0.25, 0.3) is 0 Å². The van der Waals surface area contributed by atoms with E-state index in [9.17, 15) is 9.59 Å². The summed E-state index contributed by atoms with van der Waals surface area (Å²) in [4.78, 5) is 32.0. The highest BCUT2D eigenvalue weighted by atomic mass is 79.9. The molecule has 0 radical (unpaired) electrons.